The number of carbonyl (C=O) groups is 2. The van der Waals surface area contributed by atoms with E-state index in [-0.39, 0.29) is 29.7 Å². The van der Waals surface area contributed by atoms with Gasteiger partial charge in [0.15, 0.2) is 0 Å². The molecular weight excluding hydrogens is 297 g/mol. The Morgan fingerprint density at radius 3 is 2.48 bits per heavy atom. The van der Waals surface area contributed by atoms with Crippen LogP contribution >= 0.6 is 0 Å². The van der Waals surface area contributed by atoms with E-state index in [1.54, 1.807) is 17.0 Å². The molecule has 2 atom stereocenters. The normalized spacial score (nSPS) is 24.3. The molecule has 1 heterocycles. The van der Waals surface area contributed by atoms with Gasteiger partial charge < -0.3 is 16.0 Å². The average molecular weight is 319 g/mol. The van der Waals surface area contributed by atoms with Gasteiger partial charge in [0.2, 0.25) is 5.91 Å². The number of urea groups is 1. The van der Waals surface area contributed by atoms with Gasteiger partial charge in [0.25, 0.3) is 0 Å². The van der Waals surface area contributed by atoms with Gasteiger partial charge in [-0.3, -0.25) is 4.79 Å². The van der Waals surface area contributed by atoms with E-state index in [4.69, 9.17) is 5.73 Å². The number of nitrogens with two attached hydrogens (primary N) is 1. The molecule has 3 rings (SSSR count). The molecule has 6 heteroatoms. The standard InChI is InChI=1S/C17H22FN3O2/c18-13-3-1-12(2-4-13)14-10-15(14)20-17(23)21-7-5-11(6-8-21)9-16(19)22/h1-4,11,14-15H,5-10H2,(H2,19,22)(H,20,23). The first-order valence-electron chi connectivity index (χ1n) is 8.12. The number of carbonyl (C=O) groups excluding carboxylic acids is 2. The summed E-state index contributed by atoms with van der Waals surface area (Å²) in [6.07, 6.45) is 2.95. The number of rotatable bonds is 4. The zero-order valence-corrected chi connectivity index (χ0v) is 13.0. The van der Waals surface area contributed by atoms with Gasteiger partial charge in [0.1, 0.15) is 5.82 Å². The van der Waals surface area contributed by atoms with Gasteiger partial charge in [0, 0.05) is 31.5 Å². The first-order valence-corrected chi connectivity index (χ1v) is 8.12. The predicted molar refractivity (Wildman–Crippen MR) is 84.2 cm³/mol. The number of hydrogen-bond donors (Lipinski definition) is 2. The maximum absolute atomic E-state index is 12.9. The van der Waals surface area contributed by atoms with E-state index in [1.807, 2.05) is 0 Å². The summed E-state index contributed by atoms with van der Waals surface area (Å²) < 4.78 is 12.9. The first-order chi connectivity index (χ1) is 11.0. The van der Waals surface area contributed by atoms with Crippen LogP contribution in [0.4, 0.5) is 9.18 Å². The molecule has 2 fully saturated rings. The predicted octanol–water partition coefficient (Wildman–Crippen LogP) is 1.98. The van der Waals surface area contributed by atoms with E-state index in [0.717, 1.165) is 24.8 Å². The average Bonchev–Trinajstić information content (AvgIpc) is 3.27. The summed E-state index contributed by atoms with van der Waals surface area (Å²) in [6, 6.07) is 6.56. The first kappa shape index (κ1) is 15.8. The molecule has 124 valence electrons. The summed E-state index contributed by atoms with van der Waals surface area (Å²) in [5, 5.41) is 3.04. The lowest BCUT2D eigenvalue weighted by atomic mass is 9.93. The molecule has 0 radical (unpaired) electrons. The summed E-state index contributed by atoms with van der Waals surface area (Å²) in [4.78, 5) is 25.0. The maximum atomic E-state index is 12.9. The number of nitrogens with one attached hydrogen (secondary N) is 1. The Balaban J connectivity index is 1.44. The third kappa shape index (κ3) is 4.00. The van der Waals surface area contributed by atoms with Crippen molar-refractivity contribution in [2.45, 2.75) is 37.6 Å². The van der Waals surface area contributed by atoms with Crippen LogP contribution in [0, 0.1) is 11.7 Å². The smallest absolute Gasteiger partial charge is 0.317 e. The zero-order valence-electron chi connectivity index (χ0n) is 13.0. The molecule has 1 saturated heterocycles. The number of piperidine rings is 1. The maximum Gasteiger partial charge on any atom is 0.317 e. The molecule has 0 aromatic heterocycles. The molecule has 3 N–H and O–H groups in total. The quantitative estimate of drug-likeness (QED) is 0.890. The third-order valence-electron chi connectivity index (χ3n) is 4.79. The highest BCUT2D eigenvalue weighted by Gasteiger charge is 2.40. The van der Waals surface area contributed by atoms with Gasteiger partial charge in [-0.2, -0.15) is 0 Å². The number of likely N-dealkylation sites (tertiary alicyclic amines) is 1. The summed E-state index contributed by atoms with van der Waals surface area (Å²) >= 11 is 0. The second kappa shape index (κ2) is 6.56. The van der Waals surface area contributed by atoms with Crippen molar-refractivity contribution in [1.29, 1.82) is 0 Å². The monoisotopic (exact) mass is 319 g/mol. The minimum atomic E-state index is -0.270. The van der Waals surface area contributed by atoms with Crippen LogP contribution < -0.4 is 11.1 Å². The van der Waals surface area contributed by atoms with Crippen LogP contribution in [0.15, 0.2) is 24.3 Å². The highest BCUT2D eigenvalue weighted by atomic mass is 19.1. The molecule has 2 aliphatic rings. The third-order valence-corrected chi connectivity index (χ3v) is 4.79. The van der Waals surface area contributed by atoms with Crippen LogP contribution in [0.5, 0.6) is 0 Å². The van der Waals surface area contributed by atoms with Crippen LogP contribution in [0.3, 0.4) is 0 Å². The Morgan fingerprint density at radius 1 is 1.22 bits per heavy atom. The Labute approximate surface area is 135 Å². The second-order valence-corrected chi connectivity index (χ2v) is 6.55. The van der Waals surface area contributed by atoms with Gasteiger partial charge in [-0.15, -0.1) is 0 Å². The number of nitrogens with zero attached hydrogens (tertiary/aromatic N) is 1. The van der Waals surface area contributed by atoms with E-state index in [0.29, 0.717) is 25.4 Å². The minimum Gasteiger partial charge on any atom is -0.370 e. The SMILES string of the molecule is NC(=O)CC1CCN(C(=O)NC2CC2c2ccc(F)cc2)CC1. The number of hydrogen-bond acceptors (Lipinski definition) is 2. The van der Waals surface area contributed by atoms with E-state index in [9.17, 15) is 14.0 Å². The number of benzene rings is 1. The van der Waals surface area contributed by atoms with Gasteiger partial charge in [0.05, 0.1) is 0 Å². The fraction of sp³-hybridized carbons (Fsp3) is 0.529. The summed E-state index contributed by atoms with van der Waals surface area (Å²) in [5.41, 5.74) is 6.28. The molecule has 1 saturated carbocycles. The van der Waals surface area contributed by atoms with Crippen molar-refractivity contribution in [3.8, 4) is 0 Å². The molecular formula is C17H22FN3O2. The van der Waals surface area contributed by atoms with Crippen molar-refractivity contribution in [1.82, 2.24) is 10.2 Å². The lowest BCUT2D eigenvalue weighted by Crippen LogP contribution is -2.45. The second-order valence-electron chi connectivity index (χ2n) is 6.55. The Bertz CT molecular complexity index is 582. The van der Waals surface area contributed by atoms with Crippen molar-refractivity contribution in [3.63, 3.8) is 0 Å². The zero-order chi connectivity index (χ0) is 16.4. The fourth-order valence-electron chi connectivity index (χ4n) is 3.31. The molecule has 3 amide bonds. The van der Waals surface area contributed by atoms with Gasteiger partial charge in [-0.05, 0) is 42.9 Å². The van der Waals surface area contributed by atoms with E-state index < -0.39 is 0 Å². The van der Waals surface area contributed by atoms with Gasteiger partial charge in [-0.25, -0.2) is 9.18 Å². The van der Waals surface area contributed by atoms with Crippen molar-refractivity contribution in [3.05, 3.63) is 35.6 Å². The minimum absolute atomic E-state index is 0.0443. The number of primary amides is 1. The van der Waals surface area contributed by atoms with Crippen molar-refractivity contribution in [2.75, 3.05) is 13.1 Å². The molecule has 23 heavy (non-hydrogen) atoms. The molecule has 0 spiro atoms. The van der Waals surface area contributed by atoms with Crippen LogP contribution in [-0.4, -0.2) is 36.0 Å². The Kier molecular flexibility index (Phi) is 4.50. The lowest BCUT2D eigenvalue weighted by molar-refractivity contribution is -0.119. The Hall–Kier alpha value is -2.11. The molecule has 1 aromatic carbocycles. The Morgan fingerprint density at radius 2 is 1.87 bits per heavy atom. The van der Waals surface area contributed by atoms with Crippen molar-refractivity contribution in [2.24, 2.45) is 11.7 Å². The molecule has 0 bridgehead atoms. The van der Waals surface area contributed by atoms with Crippen molar-refractivity contribution < 1.29 is 14.0 Å². The van der Waals surface area contributed by atoms with E-state index >= 15 is 0 Å². The summed E-state index contributed by atoms with van der Waals surface area (Å²) in [5.74, 6) is 0.0678. The largest absolute Gasteiger partial charge is 0.370 e. The van der Waals surface area contributed by atoms with E-state index in [1.165, 1.54) is 12.1 Å². The fourth-order valence-corrected chi connectivity index (χ4v) is 3.31. The highest BCUT2D eigenvalue weighted by molar-refractivity contribution is 5.76. The van der Waals surface area contributed by atoms with Crippen LogP contribution in [0.2, 0.25) is 0 Å². The summed E-state index contributed by atoms with van der Waals surface area (Å²) in [6.45, 7) is 1.33. The van der Waals surface area contributed by atoms with Gasteiger partial charge in [-0.1, -0.05) is 12.1 Å². The summed E-state index contributed by atoms with van der Waals surface area (Å²) in [7, 11) is 0. The van der Waals surface area contributed by atoms with Crippen LogP contribution in [0.1, 0.15) is 37.2 Å². The lowest BCUT2D eigenvalue weighted by Gasteiger charge is -2.31. The molecule has 1 aliphatic carbocycles. The van der Waals surface area contributed by atoms with Gasteiger partial charge >= 0.3 is 6.03 Å². The molecule has 2 unspecified atom stereocenters. The van der Waals surface area contributed by atoms with Crippen LogP contribution in [0.25, 0.3) is 0 Å². The molecule has 1 aromatic rings. The molecule has 5 nitrogen and oxygen atoms in total. The van der Waals surface area contributed by atoms with Crippen molar-refractivity contribution >= 4 is 11.9 Å². The number of halogens is 1. The van der Waals surface area contributed by atoms with E-state index in [2.05, 4.69) is 5.32 Å². The van der Waals surface area contributed by atoms with Crippen LogP contribution in [-0.2, 0) is 4.79 Å². The molecule has 1 aliphatic heterocycles. The highest BCUT2D eigenvalue weighted by Crippen LogP contribution is 2.40. The topological polar surface area (TPSA) is 75.4 Å². The number of amides is 3.